The zero-order valence-corrected chi connectivity index (χ0v) is 11.5. The zero-order valence-electron chi connectivity index (χ0n) is 10.7. The molecule has 1 fully saturated rings. The first kappa shape index (κ1) is 15.2. The van der Waals surface area contributed by atoms with Gasteiger partial charge in [0.2, 0.25) is 0 Å². The normalized spacial score (nSPS) is 16.1. The Hall–Kier alpha value is -0.900. The van der Waals surface area contributed by atoms with Crippen LogP contribution in [0.2, 0.25) is 0 Å². The lowest BCUT2D eigenvalue weighted by Gasteiger charge is -2.26. The van der Waals surface area contributed by atoms with Crippen molar-refractivity contribution in [3.63, 3.8) is 0 Å². The smallest absolute Gasteiger partial charge is 0.164 e. The molecule has 1 aliphatic rings. The second-order valence-corrected chi connectivity index (χ2v) is 4.49. The van der Waals surface area contributed by atoms with Crippen LogP contribution in [0.5, 0.6) is 0 Å². The van der Waals surface area contributed by atoms with Crippen LogP contribution in [0.1, 0.15) is 22.3 Å². The molecule has 0 bridgehead atoms. The van der Waals surface area contributed by atoms with Gasteiger partial charge in [-0.2, -0.15) is 0 Å². The van der Waals surface area contributed by atoms with Crippen molar-refractivity contribution in [1.82, 2.24) is 4.90 Å². The fourth-order valence-electron chi connectivity index (χ4n) is 1.97. The Bertz CT molecular complexity index is 372. The number of ketones is 1. The molecular weight excluding hydrogens is 250 g/mol. The van der Waals surface area contributed by atoms with Gasteiger partial charge in [0.15, 0.2) is 5.78 Å². The summed E-state index contributed by atoms with van der Waals surface area (Å²) in [5.74, 6) is 0.233. The van der Waals surface area contributed by atoms with E-state index in [4.69, 9.17) is 4.74 Å². The van der Waals surface area contributed by atoms with Crippen LogP contribution in [0.15, 0.2) is 24.3 Å². The second kappa shape index (κ2) is 7.52. The molecule has 1 aliphatic heterocycles. The summed E-state index contributed by atoms with van der Waals surface area (Å²) in [7, 11) is 0. The number of hydrogen-bond donors (Lipinski definition) is 0. The van der Waals surface area contributed by atoms with E-state index in [1.807, 2.05) is 31.2 Å². The number of Topliss-reactive ketones (excluding diaryl/α,β-unsaturated/α-hetero) is 1. The lowest BCUT2D eigenvalue weighted by Crippen LogP contribution is -2.37. The molecule has 4 heteroatoms. The van der Waals surface area contributed by atoms with Crippen LogP contribution in [0, 0.1) is 6.92 Å². The highest BCUT2D eigenvalue weighted by Gasteiger charge is 2.12. The first-order valence-corrected chi connectivity index (χ1v) is 6.16. The Morgan fingerprint density at radius 2 is 1.83 bits per heavy atom. The number of ether oxygens (including phenoxy) is 1. The van der Waals surface area contributed by atoms with Gasteiger partial charge in [-0.25, -0.2) is 0 Å². The topological polar surface area (TPSA) is 29.5 Å². The third-order valence-electron chi connectivity index (χ3n) is 3.13. The van der Waals surface area contributed by atoms with Crippen LogP contribution < -0.4 is 0 Å². The fraction of sp³-hybridized carbons (Fsp3) is 0.500. The number of rotatable bonds is 4. The van der Waals surface area contributed by atoms with E-state index in [0.29, 0.717) is 6.42 Å². The summed E-state index contributed by atoms with van der Waals surface area (Å²) in [5, 5.41) is 0. The van der Waals surface area contributed by atoms with Gasteiger partial charge in [-0.15, -0.1) is 12.4 Å². The van der Waals surface area contributed by atoms with E-state index in [1.54, 1.807) is 0 Å². The highest BCUT2D eigenvalue weighted by molar-refractivity contribution is 5.96. The molecule has 1 heterocycles. The van der Waals surface area contributed by atoms with Gasteiger partial charge in [0.05, 0.1) is 13.2 Å². The number of carbonyl (C=O) groups excluding carboxylic acids is 1. The van der Waals surface area contributed by atoms with Gasteiger partial charge in [-0.1, -0.05) is 29.8 Å². The number of benzene rings is 1. The molecule has 0 aromatic heterocycles. The van der Waals surface area contributed by atoms with Crippen molar-refractivity contribution in [1.29, 1.82) is 0 Å². The van der Waals surface area contributed by atoms with Gasteiger partial charge >= 0.3 is 0 Å². The summed E-state index contributed by atoms with van der Waals surface area (Å²) in [6.07, 6.45) is 0.600. The van der Waals surface area contributed by atoms with Crippen LogP contribution >= 0.6 is 12.4 Å². The van der Waals surface area contributed by atoms with E-state index < -0.39 is 0 Å². The monoisotopic (exact) mass is 269 g/mol. The third-order valence-corrected chi connectivity index (χ3v) is 3.13. The fourth-order valence-corrected chi connectivity index (χ4v) is 1.97. The lowest BCUT2D eigenvalue weighted by atomic mass is 10.1. The van der Waals surface area contributed by atoms with Crippen molar-refractivity contribution < 1.29 is 9.53 Å². The predicted octanol–water partition coefficient (Wildman–Crippen LogP) is 2.32. The maximum absolute atomic E-state index is 11.9. The second-order valence-electron chi connectivity index (χ2n) is 4.49. The van der Waals surface area contributed by atoms with Crippen LogP contribution in [-0.4, -0.2) is 43.5 Å². The average molecular weight is 270 g/mol. The zero-order chi connectivity index (χ0) is 12.1. The first-order chi connectivity index (χ1) is 8.25. The SMILES string of the molecule is Cc1ccc(C(=O)CCN2CCOCC2)cc1.Cl. The molecule has 1 aromatic carbocycles. The summed E-state index contributed by atoms with van der Waals surface area (Å²) in [6.45, 7) is 6.35. The van der Waals surface area contributed by atoms with Gasteiger partial charge in [-0.3, -0.25) is 9.69 Å². The quantitative estimate of drug-likeness (QED) is 0.786. The number of nitrogens with zero attached hydrogens (tertiary/aromatic N) is 1. The minimum Gasteiger partial charge on any atom is -0.379 e. The van der Waals surface area contributed by atoms with E-state index in [2.05, 4.69) is 4.90 Å². The van der Waals surface area contributed by atoms with Crippen molar-refractivity contribution in [3.05, 3.63) is 35.4 Å². The Morgan fingerprint density at radius 1 is 1.22 bits per heavy atom. The maximum Gasteiger partial charge on any atom is 0.164 e. The molecule has 0 unspecified atom stereocenters. The molecule has 100 valence electrons. The summed E-state index contributed by atoms with van der Waals surface area (Å²) in [5.41, 5.74) is 2.01. The van der Waals surface area contributed by atoms with Gasteiger partial charge in [0.25, 0.3) is 0 Å². The Labute approximate surface area is 115 Å². The third kappa shape index (κ3) is 4.41. The van der Waals surface area contributed by atoms with Gasteiger partial charge < -0.3 is 4.74 Å². The van der Waals surface area contributed by atoms with Crippen molar-refractivity contribution in [3.8, 4) is 0 Å². The molecule has 2 rings (SSSR count). The largest absolute Gasteiger partial charge is 0.379 e. The van der Waals surface area contributed by atoms with Gasteiger partial charge in [0, 0.05) is 31.6 Å². The van der Waals surface area contributed by atoms with E-state index in [1.165, 1.54) is 5.56 Å². The molecule has 0 N–H and O–H groups in total. The van der Waals surface area contributed by atoms with E-state index in [0.717, 1.165) is 38.4 Å². The summed E-state index contributed by atoms with van der Waals surface area (Å²) < 4.78 is 5.28. The molecule has 0 aliphatic carbocycles. The molecule has 0 amide bonds. The highest BCUT2D eigenvalue weighted by atomic mass is 35.5. The van der Waals surface area contributed by atoms with Gasteiger partial charge in [-0.05, 0) is 6.92 Å². The molecule has 1 saturated heterocycles. The van der Waals surface area contributed by atoms with E-state index in [-0.39, 0.29) is 18.2 Å². The molecule has 0 atom stereocenters. The van der Waals surface area contributed by atoms with Gasteiger partial charge in [0.1, 0.15) is 0 Å². The van der Waals surface area contributed by atoms with Crippen molar-refractivity contribution >= 4 is 18.2 Å². The minimum absolute atomic E-state index is 0. The Morgan fingerprint density at radius 3 is 2.44 bits per heavy atom. The molecule has 3 nitrogen and oxygen atoms in total. The Kier molecular flexibility index (Phi) is 6.33. The summed E-state index contributed by atoms with van der Waals surface area (Å²) in [6, 6.07) is 7.80. The molecular formula is C14H20ClNO2. The first-order valence-electron chi connectivity index (χ1n) is 6.16. The van der Waals surface area contributed by atoms with Crippen molar-refractivity contribution in [2.75, 3.05) is 32.8 Å². The molecule has 0 radical (unpaired) electrons. The average Bonchev–Trinajstić information content (AvgIpc) is 2.38. The van der Waals surface area contributed by atoms with Crippen molar-refractivity contribution in [2.24, 2.45) is 0 Å². The molecule has 18 heavy (non-hydrogen) atoms. The summed E-state index contributed by atoms with van der Waals surface area (Å²) >= 11 is 0. The number of morpholine rings is 1. The standard InChI is InChI=1S/C14H19NO2.ClH/c1-12-2-4-13(5-3-12)14(16)6-7-15-8-10-17-11-9-15;/h2-5H,6-11H2,1H3;1H. The summed E-state index contributed by atoms with van der Waals surface area (Å²) in [4.78, 5) is 14.2. The molecule has 1 aromatic rings. The van der Waals surface area contributed by atoms with Crippen LogP contribution in [0.4, 0.5) is 0 Å². The number of carbonyl (C=O) groups is 1. The van der Waals surface area contributed by atoms with E-state index >= 15 is 0 Å². The van der Waals surface area contributed by atoms with Crippen LogP contribution in [0.25, 0.3) is 0 Å². The highest BCUT2D eigenvalue weighted by Crippen LogP contribution is 2.07. The predicted molar refractivity (Wildman–Crippen MR) is 74.6 cm³/mol. The molecule has 0 saturated carbocycles. The maximum atomic E-state index is 11.9. The van der Waals surface area contributed by atoms with E-state index in [9.17, 15) is 4.79 Å². The molecule has 0 spiro atoms. The Balaban J connectivity index is 0.00000162. The lowest BCUT2D eigenvalue weighted by molar-refractivity contribution is 0.0370. The van der Waals surface area contributed by atoms with Crippen LogP contribution in [-0.2, 0) is 4.74 Å². The number of aryl methyl sites for hydroxylation is 1. The number of hydrogen-bond acceptors (Lipinski definition) is 3. The number of halogens is 1. The van der Waals surface area contributed by atoms with Crippen molar-refractivity contribution in [2.45, 2.75) is 13.3 Å². The van der Waals surface area contributed by atoms with Crippen LogP contribution in [0.3, 0.4) is 0 Å². The minimum atomic E-state index is 0.